The van der Waals surface area contributed by atoms with E-state index in [4.69, 9.17) is 0 Å². The molecule has 5 heteroatoms. The van der Waals surface area contributed by atoms with E-state index in [1.807, 2.05) is 39.8 Å². The lowest BCUT2D eigenvalue weighted by atomic mass is 9.85. The summed E-state index contributed by atoms with van der Waals surface area (Å²) in [5, 5.41) is 2.85. The lowest BCUT2D eigenvalue weighted by Gasteiger charge is -2.28. The Morgan fingerprint density at radius 1 is 1.14 bits per heavy atom. The van der Waals surface area contributed by atoms with Crippen molar-refractivity contribution in [3.05, 3.63) is 12.2 Å². The number of amides is 3. The Morgan fingerprint density at radius 2 is 1.64 bits per heavy atom. The normalized spacial score (nSPS) is 25.8. The van der Waals surface area contributed by atoms with E-state index in [0.717, 1.165) is 0 Å². The van der Waals surface area contributed by atoms with Gasteiger partial charge in [0.2, 0.25) is 17.7 Å². The van der Waals surface area contributed by atoms with E-state index in [1.54, 1.807) is 0 Å². The van der Waals surface area contributed by atoms with Gasteiger partial charge in [0.05, 0.1) is 11.8 Å². The van der Waals surface area contributed by atoms with Gasteiger partial charge in [0, 0.05) is 6.04 Å². The molecule has 0 aromatic carbocycles. The zero-order valence-corrected chi connectivity index (χ0v) is 13.8. The molecular weight excluding hydrogens is 280 g/mol. The van der Waals surface area contributed by atoms with Crippen LogP contribution in [0, 0.1) is 17.8 Å². The number of rotatable bonds is 5. The fourth-order valence-corrected chi connectivity index (χ4v) is 3.29. The molecule has 1 fully saturated rings. The highest BCUT2D eigenvalue weighted by atomic mass is 16.2. The summed E-state index contributed by atoms with van der Waals surface area (Å²) in [6.07, 6.45) is 5.63. The van der Waals surface area contributed by atoms with Gasteiger partial charge < -0.3 is 5.32 Å². The molecule has 0 bridgehead atoms. The minimum absolute atomic E-state index is 0.0149. The molecule has 5 nitrogen and oxygen atoms in total. The van der Waals surface area contributed by atoms with Gasteiger partial charge in [-0.1, -0.05) is 26.0 Å². The second-order valence-corrected chi connectivity index (χ2v) is 7.01. The second kappa shape index (κ2) is 6.63. The summed E-state index contributed by atoms with van der Waals surface area (Å²) in [6, 6.07) is -0.702. The average molecular weight is 306 g/mol. The van der Waals surface area contributed by atoms with Gasteiger partial charge in [-0.2, -0.15) is 0 Å². The monoisotopic (exact) mass is 306 g/mol. The molecular formula is C17H26N2O3. The Morgan fingerprint density at radius 3 is 2.05 bits per heavy atom. The van der Waals surface area contributed by atoms with Crippen LogP contribution in [-0.2, 0) is 14.4 Å². The maximum Gasteiger partial charge on any atom is 0.243 e. The largest absolute Gasteiger partial charge is 0.352 e. The summed E-state index contributed by atoms with van der Waals surface area (Å²) in [4.78, 5) is 39.1. The van der Waals surface area contributed by atoms with Crippen LogP contribution < -0.4 is 5.32 Å². The summed E-state index contributed by atoms with van der Waals surface area (Å²) in [5.41, 5.74) is 0. The summed E-state index contributed by atoms with van der Waals surface area (Å²) in [6.45, 7) is 7.74. The van der Waals surface area contributed by atoms with E-state index in [2.05, 4.69) is 5.32 Å². The van der Waals surface area contributed by atoms with Gasteiger partial charge in [0.15, 0.2) is 0 Å². The van der Waals surface area contributed by atoms with Crippen LogP contribution in [-0.4, -0.2) is 34.7 Å². The predicted octanol–water partition coefficient (Wildman–Crippen LogP) is 1.88. The van der Waals surface area contributed by atoms with Crippen LogP contribution in [0.1, 0.15) is 47.0 Å². The molecule has 0 spiro atoms. The van der Waals surface area contributed by atoms with Crippen molar-refractivity contribution < 1.29 is 14.4 Å². The number of hydrogen-bond acceptors (Lipinski definition) is 3. The number of nitrogens with zero attached hydrogens (tertiary/aromatic N) is 1. The van der Waals surface area contributed by atoms with E-state index in [-0.39, 0.29) is 41.5 Å². The lowest BCUT2D eigenvalue weighted by molar-refractivity contribution is -0.148. The molecule has 2 rings (SSSR count). The molecule has 1 N–H and O–H groups in total. The van der Waals surface area contributed by atoms with Crippen molar-refractivity contribution in [2.45, 2.75) is 59.0 Å². The van der Waals surface area contributed by atoms with Gasteiger partial charge in [0.25, 0.3) is 0 Å². The fourth-order valence-electron chi connectivity index (χ4n) is 3.29. The Bertz CT molecular complexity index is 470. The van der Waals surface area contributed by atoms with Crippen molar-refractivity contribution in [2.24, 2.45) is 17.8 Å². The molecule has 3 amide bonds. The Hall–Kier alpha value is -1.65. The number of hydrogen-bond donors (Lipinski definition) is 1. The van der Waals surface area contributed by atoms with E-state index in [0.29, 0.717) is 19.3 Å². The third-order valence-electron chi connectivity index (χ3n) is 4.28. The summed E-state index contributed by atoms with van der Waals surface area (Å²) >= 11 is 0. The van der Waals surface area contributed by atoms with Crippen molar-refractivity contribution in [1.82, 2.24) is 10.2 Å². The van der Waals surface area contributed by atoms with Gasteiger partial charge in [0.1, 0.15) is 6.04 Å². The number of imide groups is 1. The van der Waals surface area contributed by atoms with E-state index >= 15 is 0 Å². The SMILES string of the molecule is CC(C)C[C@H](C(=O)NC(C)C)N1C(=O)[C@H]2CC=CC[C@@H]2C1=O. The Balaban J connectivity index is 2.25. The first kappa shape index (κ1) is 16.7. The molecule has 22 heavy (non-hydrogen) atoms. The van der Waals surface area contributed by atoms with Crippen molar-refractivity contribution in [3.63, 3.8) is 0 Å². The number of carbonyl (C=O) groups excluding carboxylic acids is 3. The number of likely N-dealkylation sites (tertiary alicyclic amines) is 1. The zero-order valence-electron chi connectivity index (χ0n) is 13.8. The first-order valence-electron chi connectivity index (χ1n) is 8.15. The van der Waals surface area contributed by atoms with Crippen molar-refractivity contribution >= 4 is 17.7 Å². The van der Waals surface area contributed by atoms with Crippen LogP contribution >= 0.6 is 0 Å². The molecule has 1 heterocycles. The minimum Gasteiger partial charge on any atom is -0.352 e. The van der Waals surface area contributed by atoms with Crippen molar-refractivity contribution in [1.29, 1.82) is 0 Å². The van der Waals surface area contributed by atoms with Gasteiger partial charge in [-0.3, -0.25) is 19.3 Å². The molecule has 1 saturated heterocycles. The van der Waals surface area contributed by atoms with Crippen LogP contribution in [0.25, 0.3) is 0 Å². The van der Waals surface area contributed by atoms with Crippen LogP contribution in [0.15, 0.2) is 12.2 Å². The molecule has 0 aromatic heterocycles. The van der Waals surface area contributed by atoms with Gasteiger partial charge in [-0.15, -0.1) is 0 Å². The predicted molar refractivity (Wildman–Crippen MR) is 83.7 cm³/mol. The molecule has 0 unspecified atom stereocenters. The topological polar surface area (TPSA) is 66.5 Å². The molecule has 0 saturated carbocycles. The summed E-state index contributed by atoms with van der Waals surface area (Å²) < 4.78 is 0. The van der Waals surface area contributed by atoms with Gasteiger partial charge in [-0.05, 0) is 39.0 Å². The first-order valence-corrected chi connectivity index (χ1v) is 8.15. The van der Waals surface area contributed by atoms with Crippen LogP contribution in [0.4, 0.5) is 0 Å². The van der Waals surface area contributed by atoms with Gasteiger partial charge in [-0.25, -0.2) is 0 Å². The highest BCUT2D eigenvalue weighted by Crippen LogP contribution is 2.37. The molecule has 1 aliphatic carbocycles. The fraction of sp³-hybridized carbons (Fsp3) is 0.706. The summed E-state index contributed by atoms with van der Waals surface area (Å²) in [7, 11) is 0. The third-order valence-corrected chi connectivity index (χ3v) is 4.28. The first-order chi connectivity index (χ1) is 10.3. The van der Waals surface area contributed by atoms with E-state index < -0.39 is 6.04 Å². The third kappa shape index (κ3) is 3.23. The Kier molecular flexibility index (Phi) is 5.04. The number of allylic oxidation sites excluding steroid dienone is 2. The zero-order chi connectivity index (χ0) is 16.4. The molecule has 122 valence electrons. The van der Waals surface area contributed by atoms with Crippen LogP contribution in [0.5, 0.6) is 0 Å². The maximum absolute atomic E-state index is 12.7. The maximum atomic E-state index is 12.7. The van der Waals surface area contributed by atoms with E-state index in [1.165, 1.54) is 4.90 Å². The van der Waals surface area contributed by atoms with Crippen LogP contribution in [0.2, 0.25) is 0 Å². The molecule has 0 aromatic rings. The number of nitrogens with one attached hydrogen (secondary N) is 1. The lowest BCUT2D eigenvalue weighted by Crippen LogP contribution is -2.51. The quantitative estimate of drug-likeness (QED) is 0.623. The molecule has 1 aliphatic heterocycles. The van der Waals surface area contributed by atoms with E-state index in [9.17, 15) is 14.4 Å². The Labute approximate surface area is 132 Å². The molecule has 3 atom stereocenters. The van der Waals surface area contributed by atoms with Gasteiger partial charge >= 0.3 is 0 Å². The summed E-state index contributed by atoms with van der Waals surface area (Å²) in [5.74, 6) is -0.910. The van der Waals surface area contributed by atoms with Crippen LogP contribution in [0.3, 0.4) is 0 Å². The highest BCUT2D eigenvalue weighted by molar-refractivity contribution is 6.08. The minimum atomic E-state index is -0.687. The average Bonchev–Trinajstić information content (AvgIpc) is 2.68. The second-order valence-electron chi connectivity index (χ2n) is 7.01. The molecule has 0 radical (unpaired) electrons. The van der Waals surface area contributed by atoms with Crippen molar-refractivity contribution in [3.8, 4) is 0 Å². The molecule has 2 aliphatic rings. The highest BCUT2D eigenvalue weighted by Gasteiger charge is 2.51. The number of fused-ring (bicyclic) bond motifs is 1. The number of carbonyl (C=O) groups is 3. The smallest absolute Gasteiger partial charge is 0.243 e. The van der Waals surface area contributed by atoms with Crippen molar-refractivity contribution in [2.75, 3.05) is 0 Å². The standard InChI is InChI=1S/C17H26N2O3/c1-10(2)9-14(15(20)18-11(3)4)19-16(21)12-7-5-6-8-13(12)17(19)22/h5-6,10-14H,7-9H2,1-4H3,(H,18,20)/t12-,13-,14+/m0/s1.